The van der Waals surface area contributed by atoms with Crippen molar-refractivity contribution in [1.29, 1.82) is 0 Å². The van der Waals surface area contributed by atoms with E-state index < -0.39 is 0 Å². The molecule has 106 valence electrons. The second-order valence-electron chi connectivity index (χ2n) is 4.76. The molecule has 0 fully saturated rings. The van der Waals surface area contributed by atoms with Gasteiger partial charge in [-0.15, -0.1) is 0 Å². The van der Waals surface area contributed by atoms with Crippen LogP contribution in [0.25, 0.3) is 0 Å². The van der Waals surface area contributed by atoms with Crippen molar-refractivity contribution in [3.8, 4) is 5.75 Å². The van der Waals surface area contributed by atoms with Gasteiger partial charge in [-0.3, -0.25) is 0 Å². The van der Waals surface area contributed by atoms with Crippen LogP contribution in [0, 0.1) is 0 Å². The Morgan fingerprint density at radius 3 is 2.20 bits per heavy atom. The molecular weight excluding hydrogens is 293 g/mol. The molecule has 2 aromatic rings. The van der Waals surface area contributed by atoms with Crippen LogP contribution in [0.5, 0.6) is 5.75 Å². The summed E-state index contributed by atoms with van der Waals surface area (Å²) in [7, 11) is 1.67. The largest absolute Gasteiger partial charge is 0.497 e. The summed E-state index contributed by atoms with van der Waals surface area (Å²) in [4.78, 5) is 0. The number of benzene rings is 2. The van der Waals surface area contributed by atoms with Gasteiger partial charge in [0.2, 0.25) is 0 Å². The molecule has 0 aliphatic carbocycles. The molecule has 1 unspecified atom stereocenters. The maximum atomic E-state index is 5.99. The summed E-state index contributed by atoms with van der Waals surface area (Å²) >= 11 is 12.0. The summed E-state index contributed by atoms with van der Waals surface area (Å²) in [5.41, 5.74) is 2.18. The summed E-state index contributed by atoms with van der Waals surface area (Å²) < 4.78 is 5.15. The van der Waals surface area contributed by atoms with E-state index in [9.17, 15) is 0 Å². The van der Waals surface area contributed by atoms with Gasteiger partial charge in [0.1, 0.15) is 5.75 Å². The number of anilines is 1. The van der Waals surface area contributed by atoms with Gasteiger partial charge in [0.15, 0.2) is 0 Å². The normalized spacial score (nSPS) is 12.0. The quantitative estimate of drug-likeness (QED) is 0.835. The minimum atomic E-state index is 0.276. The molecule has 0 bridgehead atoms. The van der Waals surface area contributed by atoms with Crippen LogP contribution >= 0.6 is 23.2 Å². The minimum Gasteiger partial charge on any atom is -0.497 e. The average Bonchev–Trinajstić information content (AvgIpc) is 2.38. The lowest BCUT2D eigenvalue weighted by Crippen LogP contribution is -2.18. The van der Waals surface area contributed by atoms with Gasteiger partial charge < -0.3 is 10.1 Å². The highest BCUT2D eigenvalue weighted by atomic mass is 35.5. The Morgan fingerprint density at radius 2 is 1.65 bits per heavy atom. The molecule has 0 saturated heterocycles. The van der Waals surface area contributed by atoms with Gasteiger partial charge in [0.05, 0.1) is 7.11 Å². The maximum absolute atomic E-state index is 5.99. The van der Waals surface area contributed by atoms with Gasteiger partial charge in [-0.05, 0) is 49.2 Å². The highest BCUT2D eigenvalue weighted by Gasteiger charge is 2.05. The standard InChI is InChI=1S/C16H17Cl2NO/c1-11(7-12-3-5-16(20-2)6-4-12)19-15-9-13(17)8-14(18)10-15/h3-6,8-11,19H,7H2,1-2H3. The SMILES string of the molecule is COc1ccc(CC(C)Nc2cc(Cl)cc(Cl)c2)cc1. The zero-order chi connectivity index (χ0) is 14.5. The molecule has 2 aromatic carbocycles. The van der Waals surface area contributed by atoms with Crippen LogP contribution in [-0.2, 0) is 6.42 Å². The Bertz CT molecular complexity index is 549. The molecule has 4 heteroatoms. The molecule has 0 aliphatic heterocycles. The smallest absolute Gasteiger partial charge is 0.118 e. The second kappa shape index (κ2) is 6.87. The van der Waals surface area contributed by atoms with E-state index in [4.69, 9.17) is 27.9 Å². The summed E-state index contributed by atoms with van der Waals surface area (Å²) in [6.45, 7) is 2.12. The molecule has 2 rings (SSSR count). The predicted octanol–water partition coefficient (Wildman–Crippen LogP) is 5.05. The van der Waals surface area contributed by atoms with E-state index in [2.05, 4.69) is 24.4 Å². The van der Waals surface area contributed by atoms with E-state index in [1.54, 1.807) is 13.2 Å². The lowest BCUT2D eigenvalue weighted by molar-refractivity contribution is 0.414. The highest BCUT2D eigenvalue weighted by molar-refractivity contribution is 6.35. The van der Waals surface area contributed by atoms with Crippen molar-refractivity contribution < 1.29 is 4.74 Å². The first kappa shape index (κ1) is 15.0. The Hall–Kier alpha value is -1.38. The maximum Gasteiger partial charge on any atom is 0.118 e. The van der Waals surface area contributed by atoms with Crippen LogP contribution < -0.4 is 10.1 Å². The van der Waals surface area contributed by atoms with Crippen molar-refractivity contribution in [3.05, 3.63) is 58.1 Å². The summed E-state index contributed by atoms with van der Waals surface area (Å²) in [6, 6.07) is 13.8. The number of hydrogen-bond acceptors (Lipinski definition) is 2. The number of hydrogen-bond donors (Lipinski definition) is 1. The van der Waals surface area contributed by atoms with E-state index in [-0.39, 0.29) is 6.04 Å². The van der Waals surface area contributed by atoms with Crippen molar-refractivity contribution in [2.24, 2.45) is 0 Å². The van der Waals surface area contributed by atoms with E-state index in [0.29, 0.717) is 10.0 Å². The van der Waals surface area contributed by atoms with Gasteiger partial charge in [0.25, 0.3) is 0 Å². The zero-order valence-electron chi connectivity index (χ0n) is 11.5. The highest BCUT2D eigenvalue weighted by Crippen LogP contribution is 2.23. The number of methoxy groups -OCH3 is 1. The summed E-state index contributed by atoms with van der Waals surface area (Å²) in [5.74, 6) is 0.871. The number of ether oxygens (including phenoxy) is 1. The molecule has 2 nitrogen and oxygen atoms in total. The third-order valence-corrected chi connectivity index (χ3v) is 3.41. The number of halogens is 2. The van der Waals surface area contributed by atoms with Crippen LogP contribution in [0.1, 0.15) is 12.5 Å². The Balaban J connectivity index is 1.98. The predicted molar refractivity (Wildman–Crippen MR) is 86.2 cm³/mol. The van der Waals surface area contributed by atoms with Crippen LogP contribution in [-0.4, -0.2) is 13.2 Å². The van der Waals surface area contributed by atoms with Crippen LogP contribution in [0.3, 0.4) is 0 Å². The molecule has 1 atom stereocenters. The lowest BCUT2D eigenvalue weighted by Gasteiger charge is -2.16. The first-order valence-corrected chi connectivity index (χ1v) is 7.18. The fourth-order valence-electron chi connectivity index (χ4n) is 2.09. The van der Waals surface area contributed by atoms with Crippen molar-refractivity contribution in [1.82, 2.24) is 0 Å². The molecule has 1 N–H and O–H groups in total. The zero-order valence-corrected chi connectivity index (χ0v) is 13.0. The Labute approximate surface area is 129 Å². The molecule has 0 heterocycles. The van der Waals surface area contributed by atoms with Gasteiger partial charge in [-0.25, -0.2) is 0 Å². The van der Waals surface area contributed by atoms with Crippen molar-refractivity contribution in [2.75, 3.05) is 12.4 Å². The molecule has 0 spiro atoms. The third kappa shape index (κ3) is 4.32. The first-order chi connectivity index (χ1) is 9.56. The fraction of sp³-hybridized carbons (Fsp3) is 0.250. The van der Waals surface area contributed by atoms with E-state index in [0.717, 1.165) is 17.9 Å². The average molecular weight is 310 g/mol. The van der Waals surface area contributed by atoms with E-state index in [1.807, 2.05) is 24.3 Å². The van der Waals surface area contributed by atoms with Crippen molar-refractivity contribution in [3.63, 3.8) is 0 Å². The van der Waals surface area contributed by atoms with Gasteiger partial charge in [0, 0.05) is 21.8 Å². The topological polar surface area (TPSA) is 21.3 Å². The van der Waals surface area contributed by atoms with Gasteiger partial charge in [-0.1, -0.05) is 35.3 Å². The fourth-order valence-corrected chi connectivity index (χ4v) is 2.61. The molecule has 0 radical (unpaired) electrons. The van der Waals surface area contributed by atoms with Crippen molar-refractivity contribution >= 4 is 28.9 Å². The summed E-state index contributed by atoms with van der Waals surface area (Å²) in [5, 5.41) is 4.67. The van der Waals surface area contributed by atoms with Crippen LogP contribution in [0.4, 0.5) is 5.69 Å². The molecule has 0 aliphatic rings. The second-order valence-corrected chi connectivity index (χ2v) is 5.63. The van der Waals surface area contributed by atoms with Gasteiger partial charge in [-0.2, -0.15) is 0 Å². The molecule has 0 aromatic heterocycles. The van der Waals surface area contributed by atoms with Crippen molar-refractivity contribution in [2.45, 2.75) is 19.4 Å². The molecule has 0 saturated carbocycles. The minimum absolute atomic E-state index is 0.276. The Morgan fingerprint density at radius 1 is 1.05 bits per heavy atom. The van der Waals surface area contributed by atoms with Crippen LogP contribution in [0.15, 0.2) is 42.5 Å². The monoisotopic (exact) mass is 309 g/mol. The first-order valence-electron chi connectivity index (χ1n) is 6.42. The Kier molecular flexibility index (Phi) is 5.16. The number of nitrogens with one attached hydrogen (secondary N) is 1. The number of rotatable bonds is 5. The van der Waals surface area contributed by atoms with E-state index in [1.165, 1.54) is 5.56 Å². The van der Waals surface area contributed by atoms with E-state index >= 15 is 0 Å². The summed E-state index contributed by atoms with van der Waals surface area (Å²) in [6.07, 6.45) is 0.911. The van der Waals surface area contributed by atoms with Gasteiger partial charge >= 0.3 is 0 Å². The molecular formula is C16H17Cl2NO. The van der Waals surface area contributed by atoms with Crippen LogP contribution in [0.2, 0.25) is 10.0 Å². The lowest BCUT2D eigenvalue weighted by atomic mass is 10.1. The molecule has 20 heavy (non-hydrogen) atoms. The third-order valence-electron chi connectivity index (χ3n) is 2.98. The molecule has 0 amide bonds.